The zero-order valence-corrected chi connectivity index (χ0v) is 6.91. The zero-order chi connectivity index (χ0) is 7.84. The summed E-state index contributed by atoms with van der Waals surface area (Å²) < 4.78 is 0.951. The Kier molecular flexibility index (Phi) is 1.40. The van der Waals surface area contributed by atoms with Crippen LogP contribution in [0.15, 0.2) is 10.8 Å². The number of hydrogen-bond donors (Lipinski definition) is 1. The first-order valence-corrected chi connectivity index (χ1v) is 4.59. The maximum atomic E-state index is 10.4. The molecule has 0 bridgehead atoms. The van der Waals surface area contributed by atoms with E-state index in [1.807, 2.05) is 10.8 Å². The van der Waals surface area contributed by atoms with Crippen molar-refractivity contribution in [1.29, 1.82) is 0 Å². The fourth-order valence-corrected chi connectivity index (χ4v) is 2.47. The van der Waals surface area contributed by atoms with Crippen molar-refractivity contribution >= 4 is 38.9 Å². The molecule has 1 N–H and O–H groups in total. The van der Waals surface area contributed by atoms with Crippen molar-refractivity contribution in [2.24, 2.45) is 0 Å². The molecular formula is C6H3NO2S2. The highest BCUT2D eigenvalue weighted by molar-refractivity contribution is 7.23. The molecule has 3 nitrogen and oxygen atoms in total. The summed E-state index contributed by atoms with van der Waals surface area (Å²) in [5, 5.41) is 12.5. The minimum atomic E-state index is -0.948. The van der Waals surface area contributed by atoms with Crippen molar-refractivity contribution in [3.63, 3.8) is 0 Å². The maximum absolute atomic E-state index is 10.4. The summed E-state index contributed by atoms with van der Waals surface area (Å²) in [6.07, 6.45) is 0. The molecular weight excluding hydrogens is 182 g/mol. The van der Waals surface area contributed by atoms with Crippen molar-refractivity contribution in [3.05, 3.63) is 15.8 Å². The highest BCUT2D eigenvalue weighted by Crippen LogP contribution is 2.24. The van der Waals surface area contributed by atoms with Gasteiger partial charge in [0.1, 0.15) is 0 Å². The number of aromatic carboxylic acids is 1. The van der Waals surface area contributed by atoms with Crippen LogP contribution in [0.2, 0.25) is 0 Å². The minimum Gasteiger partial charge on any atom is -0.476 e. The average molecular weight is 185 g/mol. The van der Waals surface area contributed by atoms with Crippen molar-refractivity contribution in [3.8, 4) is 0 Å². The number of hydrogen-bond acceptors (Lipinski definition) is 4. The summed E-state index contributed by atoms with van der Waals surface area (Å²) >= 11 is 2.75. The van der Waals surface area contributed by atoms with E-state index in [1.54, 1.807) is 0 Å². The predicted molar refractivity (Wildman–Crippen MR) is 44.5 cm³/mol. The van der Waals surface area contributed by atoms with Gasteiger partial charge in [0.2, 0.25) is 5.01 Å². The average Bonchev–Trinajstić information content (AvgIpc) is 2.40. The molecule has 2 rings (SSSR count). The van der Waals surface area contributed by atoms with Crippen LogP contribution in [0.25, 0.3) is 10.2 Å². The smallest absolute Gasteiger partial charge is 0.365 e. The molecule has 0 aromatic carbocycles. The third-order valence-electron chi connectivity index (χ3n) is 1.22. The molecule has 0 atom stereocenters. The van der Waals surface area contributed by atoms with Crippen molar-refractivity contribution in [2.75, 3.05) is 0 Å². The SMILES string of the molecule is O=C(O)c1nc2cscc2s1. The lowest BCUT2D eigenvalue weighted by Gasteiger charge is -1.78. The van der Waals surface area contributed by atoms with Crippen LogP contribution >= 0.6 is 22.7 Å². The summed E-state index contributed by atoms with van der Waals surface area (Å²) in [6.45, 7) is 0. The van der Waals surface area contributed by atoms with Gasteiger partial charge >= 0.3 is 5.97 Å². The quantitative estimate of drug-likeness (QED) is 0.739. The first-order valence-electron chi connectivity index (χ1n) is 2.83. The molecule has 0 aliphatic rings. The van der Waals surface area contributed by atoms with Crippen LogP contribution < -0.4 is 0 Å². The van der Waals surface area contributed by atoms with E-state index >= 15 is 0 Å². The molecule has 0 radical (unpaired) electrons. The summed E-state index contributed by atoms with van der Waals surface area (Å²) in [5.41, 5.74) is 0.789. The fraction of sp³-hybridized carbons (Fsp3) is 0. The zero-order valence-electron chi connectivity index (χ0n) is 5.27. The van der Waals surface area contributed by atoms with E-state index < -0.39 is 5.97 Å². The third kappa shape index (κ3) is 1.02. The van der Waals surface area contributed by atoms with Gasteiger partial charge in [0, 0.05) is 10.8 Å². The predicted octanol–water partition coefficient (Wildman–Crippen LogP) is 2.06. The van der Waals surface area contributed by atoms with Gasteiger partial charge in [-0.3, -0.25) is 0 Å². The number of thiazole rings is 1. The Morgan fingerprint density at radius 3 is 3.00 bits per heavy atom. The van der Waals surface area contributed by atoms with E-state index in [1.165, 1.54) is 22.7 Å². The second-order valence-corrected chi connectivity index (χ2v) is 3.72. The van der Waals surface area contributed by atoms with Gasteiger partial charge < -0.3 is 5.11 Å². The standard InChI is InChI=1S/C6H3NO2S2/c8-6(9)5-7-3-1-10-2-4(3)11-5/h1-2H,(H,8,9). The number of nitrogens with zero attached hydrogens (tertiary/aromatic N) is 1. The first kappa shape index (κ1) is 6.75. The van der Waals surface area contributed by atoms with Gasteiger partial charge in [0.05, 0.1) is 10.2 Å². The Labute approximate surface area is 69.9 Å². The Hall–Kier alpha value is -0.940. The van der Waals surface area contributed by atoms with Crippen LogP contribution in [0, 0.1) is 0 Å². The molecule has 0 amide bonds. The maximum Gasteiger partial charge on any atom is 0.365 e. The van der Waals surface area contributed by atoms with Crippen LogP contribution in [0.4, 0.5) is 0 Å². The second-order valence-electron chi connectivity index (χ2n) is 1.95. The molecule has 0 unspecified atom stereocenters. The van der Waals surface area contributed by atoms with E-state index in [-0.39, 0.29) is 5.01 Å². The molecule has 5 heteroatoms. The summed E-state index contributed by atoms with van der Waals surface area (Å²) in [7, 11) is 0. The molecule has 0 aliphatic heterocycles. The van der Waals surface area contributed by atoms with Gasteiger partial charge in [0.15, 0.2) is 0 Å². The molecule has 2 heterocycles. The lowest BCUT2D eigenvalue weighted by Crippen LogP contribution is -1.93. The number of carboxylic acids is 1. The Morgan fingerprint density at radius 2 is 2.36 bits per heavy atom. The summed E-state index contributed by atoms with van der Waals surface area (Å²) in [6, 6.07) is 0. The molecule has 11 heavy (non-hydrogen) atoms. The molecule has 2 aromatic rings. The van der Waals surface area contributed by atoms with Gasteiger partial charge in [-0.25, -0.2) is 9.78 Å². The van der Waals surface area contributed by atoms with Gasteiger partial charge in [-0.05, 0) is 0 Å². The van der Waals surface area contributed by atoms with Crippen LogP contribution in [0.5, 0.6) is 0 Å². The molecule has 0 saturated heterocycles. The van der Waals surface area contributed by atoms with Crippen molar-refractivity contribution < 1.29 is 9.90 Å². The van der Waals surface area contributed by atoms with Crippen molar-refractivity contribution in [1.82, 2.24) is 4.98 Å². The number of aromatic nitrogens is 1. The molecule has 0 fully saturated rings. The van der Waals surface area contributed by atoms with Crippen LogP contribution in [-0.4, -0.2) is 16.1 Å². The number of thiophene rings is 1. The number of fused-ring (bicyclic) bond motifs is 1. The number of rotatable bonds is 1. The van der Waals surface area contributed by atoms with E-state index in [0.717, 1.165) is 10.2 Å². The van der Waals surface area contributed by atoms with Crippen LogP contribution in [0.1, 0.15) is 9.80 Å². The van der Waals surface area contributed by atoms with E-state index in [9.17, 15) is 4.79 Å². The van der Waals surface area contributed by atoms with E-state index in [2.05, 4.69) is 4.98 Å². The highest BCUT2D eigenvalue weighted by atomic mass is 32.1. The normalized spacial score (nSPS) is 10.5. The third-order valence-corrected chi connectivity index (χ3v) is 3.11. The monoisotopic (exact) mass is 185 g/mol. The Bertz CT molecular complexity index is 375. The van der Waals surface area contributed by atoms with Crippen molar-refractivity contribution in [2.45, 2.75) is 0 Å². The fourth-order valence-electron chi connectivity index (χ4n) is 0.764. The highest BCUT2D eigenvalue weighted by Gasteiger charge is 2.09. The number of carboxylic acid groups (broad SMARTS) is 1. The van der Waals surface area contributed by atoms with Gasteiger partial charge in [-0.2, -0.15) is 0 Å². The van der Waals surface area contributed by atoms with E-state index in [4.69, 9.17) is 5.11 Å². The Morgan fingerprint density at radius 1 is 1.55 bits per heavy atom. The van der Waals surface area contributed by atoms with Crippen LogP contribution in [0.3, 0.4) is 0 Å². The second kappa shape index (κ2) is 2.28. The molecule has 0 spiro atoms. The lowest BCUT2D eigenvalue weighted by atomic mass is 10.6. The van der Waals surface area contributed by atoms with Gasteiger partial charge in [-0.1, -0.05) is 0 Å². The molecule has 56 valence electrons. The molecule has 0 saturated carbocycles. The molecule has 0 aliphatic carbocycles. The topological polar surface area (TPSA) is 50.2 Å². The largest absolute Gasteiger partial charge is 0.476 e. The summed E-state index contributed by atoms with van der Waals surface area (Å²) in [5.74, 6) is -0.948. The van der Waals surface area contributed by atoms with Gasteiger partial charge in [-0.15, -0.1) is 22.7 Å². The first-order chi connectivity index (χ1) is 5.27. The van der Waals surface area contributed by atoms with E-state index in [0.29, 0.717) is 0 Å². The van der Waals surface area contributed by atoms with Crippen LogP contribution in [-0.2, 0) is 0 Å². The minimum absolute atomic E-state index is 0.169. The molecule has 2 aromatic heterocycles. The summed E-state index contributed by atoms with van der Waals surface area (Å²) in [4.78, 5) is 14.3. The Balaban J connectivity index is 2.67. The number of carbonyl (C=O) groups is 1. The lowest BCUT2D eigenvalue weighted by molar-refractivity contribution is 0.0696. The van der Waals surface area contributed by atoms with Gasteiger partial charge in [0.25, 0.3) is 0 Å².